The van der Waals surface area contributed by atoms with Gasteiger partial charge in [0.1, 0.15) is 18.1 Å². The lowest BCUT2D eigenvalue weighted by Crippen LogP contribution is -2.29. The minimum Gasteiger partial charge on any atom is -0.497 e. The van der Waals surface area contributed by atoms with Gasteiger partial charge in [-0.1, -0.05) is 18.2 Å². The maximum Gasteiger partial charge on any atom is 0.156 e. The summed E-state index contributed by atoms with van der Waals surface area (Å²) in [5.74, 6) is 2.49. The average Bonchev–Trinajstić information content (AvgIpc) is 3.25. The normalized spacial score (nSPS) is 11.3. The number of aromatic nitrogens is 3. The number of methoxy groups -OCH3 is 1. The fourth-order valence-electron chi connectivity index (χ4n) is 3.56. The van der Waals surface area contributed by atoms with E-state index in [1.165, 1.54) is 0 Å². The standard InChI is InChI=1S/C26H31N5O2/c1-30(2)17-15-27-16-18-33-23-11-7-20(8-12-23)19-25-28-26-6-4-5-24(31(26)29-25)21-9-13-22(32-3)14-10-21/h4-14,27H,15-19H2,1-3H3. The zero-order valence-electron chi connectivity index (χ0n) is 19.5. The van der Waals surface area contributed by atoms with Crippen LogP contribution in [-0.4, -0.2) is 66.9 Å². The summed E-state index contributed by atoms with van der Waals surface area (Å²) >= 11 is 0. The molecule has 0 saturated carbocycles. The van der Waals surface area contributed by atoms with E-state index in [0.717, 1.165) is 59.4 Å². The largest absolute Gasteiger partial charge is 0.497 e. The molecule has 0 fully saturated rings. The molecule has 0 unspecified atom stereocenters. The quantitative estimate of drug-likeness (QED) is 0.357. The first-order valence-corrected chi connectivity index (χ1v) is 11.2. The molecule has 1 N–H and O–H groups in total. The highest BCUT2D eigenvalue weighted by Crippen LogP contribution is 2.23. The number of pyridine rings is 1. The molecule has 172 valence electrons. The minimum absolute atomic E-state index is 0.648. The molecule has 0 amide bonds. The third-order valence-corrected chi connectivity index (χ3v) is 5.36. The van der Waals surface area contributed by atoms with Crippen molar-refractivity contribution in [3.8, 4) is 22.8 Å². The van der Waals surface area contributed by atoms with E-state index in [9.17, 15) is 0 Å². The van der Waals surface area contributed by atoms with Crippen LogP contribution < -0.4 is 14.8 Å². The van der Waals surface area contributed by atoms with Crippen molar-refractivity contribution in [2.24, 2.45) is 0 Å². The van der Waals surface area contributed by atoms with Gasteiger partial charge in [0.15, 0.2) is 11.5 Å². The number of nitrogens with zero attached hydrogens (tertiary/aromatic N) is 4. The number of likely N-dealkylation sites (N-methyl/N-ethyl adjacent to an activating group) is 1. The van der Waals surface area contributed by atoms with Crippen molar-refractivity contribution >= 4 is 5.65 Å². The molecular weight excluding hydrogens is 414 g/mol. The van der Waals surface area contributed by atoms with Crippen molar-refractivity contribution in [1.82, 2.24) is 24.8 Å². The summed E-state index contributed by atoms with van der Waals surface area (Å²) in [6.45, 7) is 3.46. The molecule has 0 atom stereocenters. The van der Waals surface area contributed by atoms with Crippen molar-refractivity contribution in [1.29, 1.82) is 0 Å². The Labute approximate surface area is 195 Å². The zero-order valence-corrected chi connectivity index (χ0v) is 19.5. The smallest absolute Gasteiger partial charge is 0.156 e. The van der Waals surface area contributed by atoms with E-state index in [-0.39, 0.29) is 0 Å². The van der Waals surface area contributed by atoms with Crippen LogP contribution in [0.15, 0.2) is 66.7 Å². The third kappa shape index (κ3) is 6.09. The first-order chi connectivity index (χ1) is 16.1. The fraction of sp³-hybridized carbons (Fsp3) is 0.308. The predicted octanol–water partition coefficient (Wildman–Crippen LogP) is 3.53. The van der Waals surface area contributed by atoms with Crippen molar-refractivity contribution in [3.05, 3.63) is 78.1 Å². The summed E-state index contributed by atoms with van der Waals surface area (Å²) < 4.78 is 13.0. The average molecular weight is 446 g/mol. The van der Waals surface area contributed by atoms with E-state index < -0.39 is 0 Å². The Morgan fingerprint density at radius 2 is 1.67 bits per heavy atom. The molecule has 2 heterocycles. The Morgan fingerprint density at radius 1 is 0.909 bits per heavy atom. The molecule has 0 aliphatic rings. The Balaban J connectivity index is 1.38. The van der Waals surface area contributed by atoms with E-state index in [0.29, 0.717) is 13.0 Å². The highest BCUT2D eigenvalue weighted by molar-refractivity contribution is 5.63. The molecule has 4 aromatic rings. The molecule has 7 nitrogen and oxygen atoms in total. The summed E-state index contributed by atoms with van der Waals surface area (Å²) in [4.78, 5) is 6.88. The van der Waals surface area contributed by atoms with E-state index in [4.69, 9.17) is 19.6 Å². The molecule has 0 saturated heterocycles. The number of rotatable bonds is 11. The molecule has 7 heteroatoms. The van der Waals surface area contributed by atoms with Gasteiger partial charge in [-0.3, -0.25) is 0 Å². The molecule has 0 bridgehead atoms. The molecule has 2 aromatic heterocycles. The fourth-order valence-corrected chi connectivity index (χ4v) is 3.56. The van der Waals surface area contributed by atoms with E-state index in [2.05, 4.69) is 42.5 Å². The van der Waals surface area contributed by atoms with Crippen LogP contribution >= 0.6 is 0 Å². The number of hydrogen-bond acceptors (Lipinski definition) is 6. The molecule has 0 radical (unpaired) electrons. The van der Waals surface area contributed by atoms with Gasteiger partial charge in [-0.2, -0.15) is 5.10 Å². The molecule has 0 aliphatic carbocycles. The number of benzene rings is 2. The van der Waals surface area contributed by atoms with E-state index in [1.54, 1.807) is 7.11 Å². The second-order valence-electron chi connectivity index (χ2n) is 8.16. The van der Waals surface area contributed by atoms with Gasteiger partial charge in [-0.15, -0.1) is 0 Å². The van der Waals surface area contributed by atoms with Crippen LogP contribution in [0.3, 0.4) is 0 Å². The van der Waals surface area contributed by atoms with Crippen molar-refractivity contribution < 1.29 is 9.47 Å². The number of nitrogens with one attached hydrogen (secondary N) is 1. The van der Waals surface area contributed by atoms with Crippen LogP contribution in [0.25, 0.3) is 16.9 Å². The Bertz CT molecular complexity index is 1150. The lowest BCUT2D eigenvalue weighted by Gasteiger charge is -2.11. The van der Waals surface area contributed by atoms with Gasteiger partial charge in [0, 0.05) is 31.6 Å². The Hall–Kier alpha value is -3.42. The van der Waals surface area contributed by atoms with Crippen LogP contribution in [0.1, 0.15) is 11.4 Å². The molecule has 4 rings (SSSR count). The number of fused-ring (bicyclic) bond motifs is 1. The third-order valence-electron chi connectivity index (χ3n) is 5.36. The van der Waals surface area contributed by atoms with Crippen LogP contribution in [0, 0.1) is 0 Å². The molecule has 0 spiro atoms. The Morgan fingerprint density at radius 3 is 2.39 bits per heavy atom. The van der Waals surface area contributed by atoms with Crippen LogP contribution in [0.4, 0.5) is 0 Å². The first kappa shape index (κ1) is 22.8. The highest BCUT2D eigenvalue weighted by atomic mass is 16.5. The molecule has 33 heavy (non-hydrogen) atoms. The number of hydrogen-bond donors (Lipinski definition) is 1. The van der Waals surface area contributed by atoms with Crippen molar-refractivity contribution in [2.45, 2.75) is 6.42 Å². The molecular formula is C26H31N5O2. The van der Waals surface area contributed by atoms with Gasteiger partial charge in [-0.25, -0.2) is 9.50 Å². The maximum atomic E-state index is 5.83. The van der Waals surface area contributed by atoms with Crippen molar-refractivity contribution in [3.63, 3.8) is 0 Å². The van der Waals surface area contributed by atoms with Crippen LogP contribution in [-0.2, 0) is 6.42 Å². The van der Waals surface area contributed by atoms with Gasteiger partial charge in [0.25, 0.3) is 0 Å². The van der Waals surface area contributed by atoms with Gasteiger partial charge >= 0.3 is 0 Å². The minimum atomic E-state index is 0.648. The molecule has 0 aliphatic heterocycles. The SMILES string of the molecule is COc1ccc(-c2cccc3nc(Cc4ccc(OCCNCCN(C)C)cc4)nn23)cc1. The number of ether oxygens (including phenoxy) is 2. The Kier molecular flexibility index (Phi) is 7.55. The van der Waals surface area contributed by atoms with Crippen LogP contribution in [0.5, 0.6) is 11.5 Å². The summed E-state index contributed by atoms with van der Waals surface area (Å²) in [7, 11) is 5.81. The second kappa shape index (κ2) is 10.9. The van der Waals surface area contributed by atoms with Crippen LogP contribution in [0.2, 0.25) is 0 Å². The predicted molar refractivity (Wildman–Crippen MR) is 131 cm³/mol. The summed E-state index contributed by atoms with van der Waals surface area (Å²) in [5, 5.41) is 8.15. The summed E-state index contributed by atoms with van der Waals surface area (Å²) in [6, 6.07) is 22.2. The van der Waals surface area contributed by atoms with Gasteiger partial charge in [0.05, 0.1) is 12.8 Å². The summed E-state index contributed by atoms with van der Waals surface area (Å²) in [5.41, 5.74) is 4.04. The highest BCUT2D eigenvalue weighted by Gasteiger charge is 2.10. The van der Waals surface area contributed by atoms with Crippen molar-refractivity contribution in [2.75, 3.05) is 47.4 Å². The lowest BCUT2D eigenvalue weighted by molar-refractivity contribution is 0.308. The second-order valence-corrected chi connectivity index (χ2v) is 8.16. The van der Waals surface area contributed by atoms with E-state index >= 15 is 0 Å². The monoisotopic (exact) mass is 445 g/mol. The van der Waals surface area contributed by atoms with Gasteiger partial charge < -0.3 is 19.7 Å². The van der Waals surface area contributed by atoms with E-state index in [1.807, 2.05) is 53.0 Å². The summed E-state index contributed by atoms with van der Waals surface area (Å²) in [6.07, 6.45) is 0.663. The molecule has 2 aromatic carbocycles. The van der Waals surface area contributed by atoms with Gasteiger partial charge in [-0.05, 0) is 68.2 Å². The zero-order chi connectivity index (χ0) is 23.0. The lowest BCUT2D eigenvalue weighted by atomic mass is 10.1. The topological polar surface area (TPSA) is 63.9 Å². The van der Waals surface area contributed by atoms with Gasteiger partial charge in [0.2, 0.25) is 0 Å². The maximum absolute atomic E-state index is 5.83. The first-order valence-electron chi connectivity index (χ1n) is 11.2.